The molecule has 0 radical (unpaired) electrons. The van der Waals surface area contributed by atoms with Gasteiger partial charge in [-0.1, -0.05) is 30.3 Å². The third-order valence-electron chi connectivity index (χ3n) is 4.02. The number of nitrogen functional groups attached to an aromatic ring is 1. The number of esters is 1. The highest BCUT2D eigenvalue weighted by Crippen LogP contribution is 2.13. The fourth-order valence-corrected chi connectivity index (χ4v) is 2.72. The number of nitrogens with two attached hydrogens (primary N) is 1. The second-order valence-corrected chi connectivity index (χ2v) is 6.09. The van der Waals surface area contributed by atoms with E-state index in [1.165, 1.54) is 6.07 Å². The van der Waals surface area contributed by atoms with Crippen LogP contribution in [0.2, 0.25) is 0 Å². The molecule has 0 unspecified atom stereocenters. The van der Waals surface area contributed by atoms with Crippen molar-refractivity contribution < 1.29 is 9.53 Å². The van der Waals surface area contributed by atoms with Crippen molar-refractivity contribution in [2.45, 2.75) is 6.61 Å². The number of carbonyl (C=O) groups excluding carboxylic acids is 1. The van der Waals surface area contributed by atoms with E-state index in [-0.39, 0.29) is 35.5 Å². The van der Waals surface area contributed by atoms with Gasteiger partial charge in [0, 0.05) is 22.7 Å². The first-order chi connectivity index (χ1) is 14.1. The van der Waals surface area contributed by atoms with Crippen molar-refractivity contribution in [2.75, 3.05) is 11.1 Å². The van der Waals surface area contributed by atoms with Crippen LogP contribution in [0.1, 0.15) is 16.3 Å². The number of hydrogen-bond acceptors (Lipinski definition) is 8. The van der Waals surface area contributed by atoms with Crippen LogP contribution in [-0.2, 0) is 11.3 Å². The van der Waals surface area contributed by atoms with Crippen LogP contribution in [0, 0.1) is 0 Å². The summed E-state index contributed by atoms with van der Waals surface area (Å²) in [5.41, 5.74) is 6.81. The predicted molar refractivity (Wildman–Crippen MR) is 108 cm³/mol. The molecule has 0 saturated carbocycles. The van der Waals surface area contributed by atoms with Gasteiger partial charge in [0.15, 0.2) is 17.9 Å². The first-order valence-electron chi connectivity index (χ1n) is 8.70. The molecule has 0 bridgehead atoms. The van der Waals surface area contributed by atoms with E-state index < -0.39 is 5.97 Å². The Bertz CT molecular complexity index is 1240. The molecule has 0 amide bonds. The lowest BCUT2D eigenvalue weighted by Crippen LogP contribution is -2.14. The minimum Gasteiger partial charge on any atom is -0.453 e. The Morgan fingerprint density at radius 1 is 1.03 bits per heavy atom. The lowest BCUT2D eigenvalue weighted by molar-refractivity contribution is 0.0455. The normalized spacial score (nSPS) is 10.6. The molecular weight excluding hydrogens is 372 g/mol. The number of aromatic nitrogens is 4. The fraction of sp³-hybridized carbons (Fsp3) is 0.0500. The molecule has 4 aromatic rings. The van der Waals surface area contributed by atoms with E-state index in [4.69, 9.17) is 10.5 Å². The Labute approximate surface area is 164 Å². The topological polar surface area (TPSA) is 136 Å². The molecule has 0 aliphatic rings. The summed E-state index contributed by atoms with van der Waals surface area (Å²) in [5, 5.41) is 3.49. The van der Waals surface area contributed by atoms with Crippen molar-refractivity contribution in [3.05, 3.63) is 82.4 Å². The molecule has 4 N–H and O–H groups in total. The zero-order valence-corrected chi connectivity index (χ0v) is 15.1. The fourth-order valence-electron chi connectivity index (χ4n) is 2.72. The summed E-state index contributed by atoms with van der Waals surface area (Å²) in [6, 6.07) is 17.4. The lowest BCUT2D eigenvalue weighted by atomic mass is 10.2. The van der Waals surface area contributed by atoms with E-state index in [1.807, 2.05) is 30.3 Å². The van der Waals surface area contributed by atoms with Crippen LogP contribution in [0.25, 0.3) is 10.9 Å². The van der Waals surface area contributed by atoms with Crippen molar-refractivity contribution in [1.82, 2.24) is 19.9 Å². The van der Waals surface area contributed by atoms with Gasteiger partial charge in [-0.15, -0.1) is 0 Å². The largest absolute Gasteiger partial charge is 0.453 e. The van der Waals surface area contributed by atoms with E-state index in [1.54, 1.807) is 24.3 Å². The number of nitrogens with zero attached hydrogens (tertiary/aromatic N) is 3. The number of anilines is 3. The number of ether oxygens (including phenoxy) is 1. The molecule has 144 valence electrons. The summed E-state index contributed by atoms with van der Waals surface area (Å²) in [6.45, 7) is -0.232. The van der Waals surface area contributed by atoms with Crippen LogP contribution in [0.4, 0.5) is 17.6 Å². The zero-order valence-electron chi connectivity index (χ0n) is 15.1. The van der Waals surface area contributed by atoms with E-state index in [0.29, 0.717) is 10.9 Å². The van der Waals surface area contributed by atoms with Crippen LogP contribution >= 0.6 is 0 Å². The van der Waals surface area contributed by atoms with Crippen LogP contribution in [0.15, 0.2) is 65.5 Å². The number of pyridine rings is 1. The monoisotopic (exact) mass is 388 g/mol. The van der Waals surface area contributed by atoms with Crippen molar-refractivity contribution in [2.24, 2.45) is 0 Å². The minimum atomic E-state index is -0.704. The standard InChI is InChI=1S/C20H16N6O3/c21-19-24-17(25-20(26-19)22-12-6-2-1-3-7-12)11-29-18(28)15-10-16(27)13-8-4-5-9-14(13)23-15/h1-10H,11H2,(H,23,27)(H3,21,22,24,25,26). The number of para-hydroxylation sites is 2. The molecule has 4 rings (SSSR count). The summed E-state index contributed by atoms with van der Waals surface area (Å²) in [4.78, 5) is 39.6. The molecule has 2 aromatic carbocycles. The third kappa shape index (κ3) is 4.19. The van der Waals surface area contributed by atoms with Gasteiger partial charge in [0.1, 0.15) is 5.69 Å². The predicted octanol–water partition coefficient (Wildman–Crippen LogP) is 2.40. The van der Waals surface area contributed by atoms with Crippen LogP contribution in [-0.4, -0.2) is 25.9 Å². The molecule has 9 heteroatoms. The molecular formula is C20H16N6O3. The summed E-state index contributed by atoms with van der Waals surface area (Å²) in [7, 11) is 0. The smallest absolute Gasteiger partial charge is 0.355 e. The molecule has 0 atom stereocenters. The van der Waals surface area contributed by atoms with Crippen LogP contribution in [0.3, 0.4) is 0 Å². The number of H-pyrrole nitrogens is 1. The number of hydrogen-bond donors (Lipinski definition) is 3. The van der Waals surface area contributed by atoms with Crippen molar-refractivity contribution >= 4 is 34.5 Å². The van der Waals surface area contributed by atoms with Gasteiger partial charge in [-0.3, -0.25) is 4.79 Å². The van der Waals surface area contributed by atoms with Crippen molar-refractivity contribution in [3.8, 4) is 0 Å². The van der Waals surface area contributed by atoms with Gasteiger partial charge < -0.3 is 20.8 Å². The molecule has 0 saturated heterocycles. The first-order valence-corrected chi connectivity index (χ1v) is 8.70. The number of nitrogens with one attached hydrogen (secondary N) is 2. The Morgan fingerprint density at radius 2 is 1.79 bits per heavy atom. The summed E-state index contributed by atoms with van der Waals surface area (Å²) in [5.74, 6) is -0.311. The molecule has 9 nitrogen and oxygen atoms in total. The Hall–Kier alpha value is -4.27. The maximum absolute atomic E-state index is 12.4. The summed E-state index contributed by atoms with van der Waals surface area (Å²) < 4.78 is 5.23. The van der Waals surface area contributed by atoms with Gasteiger partial charge in [-0.05, 0) is 24.3 Å². The SMILES string of the molecule is Nc1nc(COC(=O)c2cc(=O)c3ccccc3[nH]2)nc(Nc2ccccc2)n1. The lowest BCUT2D eigenvalue weighted by Gasteiger charge is -2.08. The highest BCUT2D eigenvalue weighted by Gasteiger charge is 2.13. The third-order valence-corrected chi connectivity index (χ3v) is 4.02. The van der Waals surface area contributed by atoms with E-state index in [0.717, 1.165) is 5.69 Å². The molecule has 2 aromatic heterocycles. The number of benzene rings is 2. The second kappa shape index (κ2) is 7.77. The molecule has 0 fully saturated rings. The summed E-state index contributed by atoms with van der Waals surface area (Å²) in [6.07, 6.45) is 0. The Kier molecular flexibility index (Phi) is 4.85. The number of fused-ring (bicyclic) bond motifs is 1. The molecule has 0 aliphatic carbocycles. The Balaban J connectivity index is 1.50. The molecule has 29 heavy (non-hydrogen) atoms. The van der Waals surface area contributed by atoms with Crippen LogP contribution < -0.4 is 16.5 Å². The maximum atomic E-state index is 12.4. The number of carbonyl (C=O) groups is 1. The first kappa shape index (κ1) is 18.1. The molecule has 2 heterocycles. The second-order valence-electron chi connectivity index (χ2n) is 6.09. The van der Waals surface area contributed by atoms with Gasteiger partial charge >= 0.3 is 5.97 Å². The van der Waals surface area contributed by atoms with Gasteiger partial charge in [0.05, 0.1) is 0 Å². The number of aromatic amines is 1. The minimum absolute atomic E-state index is 0.0106. The van der Waals surface area contributed by atoms with E-state index in [2.05, 4.69) is 25.3 Å². The van der Waals surface area contributed by atoms with Gasteiger partial charge in [-0.2, -0.15) is 15.0 Å². The maximum Gasteiger partial charge on any atom is 0.355 e. The quantitative estimate of drug-likeness (QED) is 0.443. The van der Waals surface area contributed by atoms with Crippen LogP contribution in [0.5, 0.6) is 0 Å². The van der Waals surface area contributed by atoms with Crippen molar-refractivity contribution in [3.63, 3.8) is 0 Å². The van der Waals surface area contributed by atoms with Gasteiger partial charge in [0.2, 0.25) is 11.9 Å². The zero-order chi connectivity index (χ0) is 20.2. The highest BCUT2D eigenvalue weighted by atomic mass is 16.5. The highest BCUT2D eigenvalue weighted by molar-refractivity contribution is 5.90. The van der Waals surface area contributed by atoms with Gasteiger partial charge in [0.25, 0.3) is 0 Å². The molecule has 0 aliphatic heterocycles. The Morgan fingerprint density at radius 3 is 2.62 bits per heavy atom. The van der Waals surface area contributed by atoms with E-state index >= 15 is 0 Å². The average Bonchev–Trinajstić information content (AvgIpc) is 2.72. The summed E-state index contributed by atoms with van der Waals surface area (Å²) >= 11 is 0. The van der Waals surface area contributed by atoms with Gasteiger partial charge in [-0.25, -0.2) is 4.79 Å². The average molecular weight is 388 g/mol. The van der Waals surface area contributed by atoms with Crippen molar-refractivity contribution in [1.29, 1.82) is 0 Å². The van der Waals surface area contributed by atoms with E-state index in [9.17, 15) is 9.59 Å². The number of rotatable bonds is 5. The molecule has 0 spiro atoms.